The van der Waals surface area contributed by atoms with E-state index in [1.807, 2.05) is 25.1 Å². The second kappa shape index (κ2) is 9.35. The first-order valence-electron chi connectivity index (χ1n) is 12.3. The highest BCUT2D eigenvalue weighted by atomic mass is 19.1. The first-order valence-corrected chi connectivity index (χ1v) is 12.3. The topological polar surface area (TPSA) is 77.8 Å². The summed E-state index contributed by atoms with van der Waals surface area (Å²) in [6.45, 7) is 4.15. The summed E-state index contributed by atoms with van der Waals surface area (Å²) in [6, 6.07) is 13.6. The van der Waals surface area contributed by atoms with Crippen LogP contribution in [0.1, 0.15) is 35.2 Å². The fourth-order valence-electron chi connectivity index (χ4n) is 4.46. The van der Waals surface area contributed by atoms with Crippen LogP contribution in [-0.2, 0) is 4.74 Å². The number of halogens is 1. The van der Waals surface area contributed by atoms with E-state index in [1.54, 1.807) is 28.9 Å². The highest BCUT2D eigenvalue weighted by Gasteiger charge is 2.26. The van der Waals surface area contributed by atoms with Crippen molar-refractivity contribution >= 4 is 17.1 Å². The second-order valence-electron chi connectivity index (χ2n) is 9.72. The van der Waals surface area contributed by atoms with Crippen molar-refractivity contribution in [2.45, 2.75) is 26.2 Å². The molecule has 6 rings (SSSR count). The van der Waals surface area contributed by atoms with Crippen molar-refractivity contribution in [1.82, 2.24) is 14.6 Å². The number of ether oxygens (including phenoxy) is 2. The van der Waals surface area contributed by atoms with Crippen molar-refractivity contribution in [3.63, 3.8) is 0 Å². The van der Waals surface area contributed by atoms with Crippen LogP contribution in [0, 0.1) is 24.6 Å². The molecule has 0 radical (unpaired) electrons. The molecule has 2 aromatic carbocycles. The Bertz CT molecular complexity index is 1440. The van der Waals surface area contributed by atoms with E-state index in [0.717, 1.165) is 60.7 Å². The van der Waals surface area contributed by atoms with Gasteiger partial charge in [-0.05, 0) is 49.4 Å². The third-order valence-corrected chi connectivity index (χ3v) is 6.75. The maximum absolute atomic E-state index is 13.7. The van der Waals surface area contributed by atoms with Crippen LogP contribution in [0.15, 0.2) is 54.7 Å². The van der Waals surface area contributed by atoms with Crippen molar-refractivity contribution in [3.8, 4) is 22.9 Å². The number of anilines is 1. The van der Waals surface area contributed by atoms with Gasteiger partial charge in [-0.3, -0.25) is 4.79 Å². The standard InChI is InChI=1S/C28H27FN4O3/c1-17-9-20(7-8-23(17)26(34)10-18-5-6-18)25-14-31-28-24(30-13-19-15-35-16-19)12-27(32-33(25)28)36-22-4-2-3-21(29)11-22/h2-4,7-9,11-12,14,18-19,30H,5-6,10,13,15-16H2,1H3. The van der Waals surface area contributed by atoms with E-state index in [-0.39, 0.29) is 11.6 Å². The van der Waals surface area contributed by atoms with Gasteiger partial charge >= 0.3 is 0 Å². The third-order valence-electron chi connectivity index (χ3n) is 6.75. The van der Waals surface area contributed by atoms with Crippen molar-refractivity contribution in [3.05, 3.63) is 71.7 Å². The van der Waals surface area contributed by atoms with Gasteiger partial charge in [0.15, 0.2) is 11.4 Å². The van der Waals surface area contributed by atoms with E-state index in [9.17, 15) is 9.18 Å². The molecule has 2 aromatic heterocycles. The molecule has 1 saturated heterocycles. The number of Topliss-reactive ketones (excluding diaryl/α,β-unsaturated/α-hetero) is 1. The molecule has 1 saturated carbocycles. The Morgan fingerprint density at radius 3 is 2.75 bits per heavy atom. The van der Waals surface area contributed by atoms with E-state index < -0.39 is 0 Å². The number of hydrogen-bond donors (Lipinski definition) is 1. The van der Waals surface area contributed by atoms with E-state index in [4.69, 9.17) is 9.47 Å². The van der Waals surface area contributed by atoms with Crippen molar-refractivity contribution in [2.24, 2.45) is 11.8 Å². The molecule has 1 aliphatic carbocycles. The van der Waals surface area contributed by atoms with Crippen LogP contribution in [0.5, 0.6) is 11.6 Å². The molecule has 0 atom stereocenters. The van der Waals surface area contributed by atoms with Crippen LogP contribution in [-0.4, -0.2) is 40.1 Å². The van der Waals surface area contributed by atoms with Gasteiger partial charge in [0, 0.05) is 42.1 Å². The van der Waals surface area contributed by atoms with Gasteiger partial charge in [-0.1, -0.05) is 18.2 Å². The minimum Gasteiger partial charge on any atom is -0.437 e. The fraction of sp³-hybridized carbons (Fsp3) is 0.321. The van der Waals surface area contributed by atoms with Crippen LogP contribution in [0.3, 0.4) is 0 Å². The molecule has 1 N–H and O–H groups in total. The highest BCUT2D eigenvalue weighted by molar-refractivity contribution is 5.98. The number of aromatic nitrogens is 3. The predicted molar refractivity (Wildman–Crippen MR) is 134 cm³/mol. The first-order chi connectivity index (χ1) is 17.5. The lowest BCUT2D eigenvalue weighted by Gasteiger charge is -2.26. The summed E-state index contributed by atoms with van der Waals surface area (Å²) in [5, 5.41) is 8.12. The number of imidazole rings is 1. The number of nitrogens with zero attached hydrogens (tertiary/aromatic N) is 3. The number of rotatable bonds is 9. The zero-order chi connectivity index (χ0) is 24.6. The van der Waals surface area contributed by atoms with E-state index >= 15 is 0 Å². The molecule has 1 aliphatic heterocycles. The van der Waals surface area contributed by atoms with Crippen LogP contribution < -0.4 is 10.1 Å². The summed E-state index contributed by atoms with van der Waals surface area (Å²) in [6.07, 6.45) is 4.70. The number of fused-ring (bicyclic) bond motifs is 1. The molecule has 0 amide bonds. The first kappa shape index (κ1) is 22.7. The van der Waals surface area contributed by atoms with Crippen LogP contribution >= 0.6 is 0 Å². The van der Waals surface area contributed by atoms with Crippen LogP contribution in [0.25, 0.3) is 16.9 Å². The molecule has 184 valence electrons. The Balaban J connectivity index is 1.36. The van der Waals surface area contributed by atoms with E-state index in [2.05, 4.69) is 15.4 Å². The van der Waals surface area contributed by atoms with Crippen molar-refractivity contribution < 1.29 is 18.7 Å². The van der Waals surface area contributed by atoms with Crippen LogP contribution in [0.2, 0.25) is 0 Å². The minimum absolute atomic E-state index is 0.204. The van der Waals surface area contributed by atoms with Gasteiger partial charge in [0.1, 0.15) is 11.6 Å². The largest absolute Gasteiger partial charge is 0.437 e. The summed E-state index contributed by atoms with van der Waals surface area (Å²) < 4.78 is 26.7. The molecule has 4 aromatic rings. The van der Waals surface area contributed by atoms with Crippen molar-refractivity contribution in [2.75, 3.05) is 25.1 Å². The van der Waals surface area contributed by atoms with Gasteiger partial charge in [-0.25, -0.2) is 13.9 Å². The lowest BCUT2D eigenvalue weighted by atomic mass is 9.98. The number of nitrogens with one attached hydrogen (secondary N) is 1. The molecule has 0 unspecified atom stereocenters. The monoisotopic (exact) mass is 486 g/mol. The van der Waals surface area contributed by atoms with Gasteiger partial charge in [-0.15, -0.1) is 5.10 Å². The molecule has 3 heterocycles. The quantitative estimate of drug-likeness (QED) is 0.307. The molecular formula is C28H27FN4O3. The number of ketones is 1. The summed E-state index contributed by atoms with van der Waals surface area (Å²) in [4.78, 5) is 17.3. The van der Waals surface area contributed by atoms with Gasteiger partial charge in [0.2, 0.25) is 5.88 Å². The average Bonchev–Trinajstić information content (AvgIpc) is 3.53. The van der Waals surface area contributed by atoms with Gasteiger partial charge in [-0.2, -0.15) is 0 Å². The molecule has 2 aliphatic rings. The number of hydrogen-bond acceptors (Lipinski definition) is 6. The maximum Gasteiger partial charge on any atom is 0.239 e. The Morgan fingerprint density at radius 2 is 2.03 bits per heavy atom. The second-order valence-corrected chi connectivity index (χ2v) is 9.72. The SMILES string of the molecule is Cc1cc(-c2cnc3c(NCC4COC4)cc(Oc4cccc(F)c4)nn23)ccc1C(=O)CC1CC1. The Kier molecular flexibility index (Phi) is 5.89. The normalized spacial score (nSPS) is 15.6. The molecule has 7 nitrogen and oxygen atoms in total. The van der Waals surface area contributed by atoms with Gasteiger partial charge in [0.05, 0.1) is 30.8 Å². The number of aryl methyl sites for hydroxylation is 1. The zero-order valence-corrected chi connectivity index (χ0v) is 20.0. The Hall–Kier alpha value is -3.78. The fourth-order valence-corrected chi connectivity index (χ4v) is 4.46. The molecule has 8 heteroatoms. The summed E-state index contributed by atoms with van der Waals surface area (Å²) in [7, 11) is 0. The number of carbonyl (C=O) groups is 1. The predicted octanol–water partition coefficient (Wildman–Crippen LogP) is 5.68. The van der Waals surface area contributed by atoms with E-state index in [0.29, 0.717) is 35.5 Å². The number of benzene rings is 2. The lowest BCUT2D eigenvalue weighted by Crippen LogP contribution is -2.33. The lowest BCUT2D eigenvalue weighted by molar-refractivity contribution is -0.0248. The van der Waals surface area contributed by atoms with E-state index in [1.165, 1.54) is 12.1 Å². The summed E-state index contributed by atoms with van der Waals surface area (Å²) in [5.41, 5.74) is 4.80. The molecule has 2 fully saturated rings. The third kappa shape index (κ3) is 4.68. The number of carbonyl (C=O) groups excluding carboxylic acids is 1. The van der Waals surface area contributed by atoms with Gasteiger partial charge < -0.3 is 14.8 Å². The molecular weight excluding hydrogens is 459 g/mol. The maximum atomic E-state index is 13.7. The molecule has 36 heavy (non-hydrogen) atoms. The van der Waals surface area contributed by atoms with Gasteiger partial charge in [0.25, 0.3) is 0 Å². The van der Waals surface area contributed by atoms with Crippen molar-refractivity contribution in [1.29, 1.82) is 0 Å². The summed E-state index contributed by atoms with van der Waals surface area (Å²) >= 11 is 0. The summed E-state index contributed by atoms with van der Waals surface area (Å²) in [5.74, 6) is 1.48. The zero-order valence-electron chi connectivity index (χ0n) is 20.0. The average molecular weight is 487 g/mol. The Morgan fingerprint density at radius 1 is 1.17 bits per heavy atom. The molecule has 0 bridgehead atoms. The van der Waals surface area contributed by atoms with Crippen LogP contribution in [0.4, 0.5) is 10.1 Å². The minimum atomic E-state index is -0.382. The molecule has 0 spiro atoms. The Labute approximate surface area is 208 Å². The smallest absolute Gasteiger partial charge is 0.239 e. The highest BCUT2D eigenvalue weighted by Crippen LogP contribution is 2.35.